The molecule has 5 heteroatoms. The molecule has 2 aromatic rings. The summed E-state index contributed by atoms with van der Waals surface area (Å²) < 4.78 is 1.22. The Balaban J connectivity index is 1.72. The van der Waals surface area contributed by atoms with E-state index in [4.69, 9.17) is 0 Å². The molecular formula is C16H18N2O2S. The molecule has 2 heterocycles. The summed E-state index contributed by atoms with van der Waals surface area (Å²) in [5, 5.41) is 4.23. The molecular weight excluding hydrogens is 284 g/mol. The minimum Gasteiger partial charge on any atom is -0.347 e. The van der Waals surface area contributed by atoms with Crippen LogP contribution in [0.25, 0.3) is 10.1 Å². The molecule has 0 radical (unpaired) electrons. The van der Waals surface area contributed by atoms with E-state index >= 15 is 0 Å². The monoisotopic (exact) mass is 302 g/mol. The molecule has 1 saturated heterocycles. The van der Waals surface area contributed by atoms with Crippen molar-refractivity contribution >= 4 is 33.2 Å². The number of benzene rings is 1. The predicted octanol–water partition coefficient (Wildman–Crippen LogP) is 2.70. The first-order chi connectivity index (χ1) is 10.1. The fourth-order valence-electron chi connectivity index (χ4n) is 2.71. The van der Waals surface area contributed by atoms with Gasteiger partial charge >= 0.3 is 0 Å². The van der Waals surface area contributed by atoms with Crippen LogP contribution in [0.5, 0.6) is 0 Å². The van der Waals surface area contributed by atoms with Crippen LogP contribution in [-0.2, 0) is 9.59 Å². The largest absolute Gasteiger partial charge is 0.347 e. The minimum absolute atomic E-state index is 0.0426. The Bertz CT molecular complexity index is 661. The van der Waals surface area contributed by atoms with Crippen molar-refractivity contribution in [2.45, 2.75) is 31.8 Å². The van der Waals surface area contributed by atoms with E-state index in [9.17, 15) is 9.59 Å². The second kappa shape index (κ2) is 5.48. The second-order valence-electron chi connectivity index (χ2n) is 5.48. The van der Waals surface area contributed by atoms with Crippen LogP contribution in [0.4, 0.5) is 0 Å². The molecule has 21 heavy (non-hydrogen) atoms. The number of nitrogens with zero attached hydrogens (tertiary/aromatic N) is 1. The SMILES string of the molecule is C[C@H](NC(=O)[C@@H]1CCC(=O)N1C)c1cc2ccccc2s1. The van der Waals surface area contributed by atoms with Gasteiger partial charge in [-0.15, -0.1) is 11.3 Å². The zero-order valence-corrected chi connectivity index (χ0v) is 12.9. The molecule has 110 valence electrons. The summed E-state index contributed by atoms with van der Waals surface area (Å²) in [7, 11) is 1.70. The number of likely N-dealkylation sites (tertiary alicyclic amines) is 1. The van der Waals surface area contributed by atoms with E-state index in [0.717, 1.165) is 4.88 Å². The maximum Gasteiger partial charge on any atom is 0.243 e. The summed E-state index contributed by atoms with van der Waals surface area (Å²) in [4.78, 5) is 26.5. The number of fused-ring (bicyclic) bond motifs is 1. The normalized spacial score (nSPS) is 20.0. The van der Waals surface area contributed by atoms with Crippen LogP contribution < -0.4 is 5.32 Å². The van der Waals surface area contributed by atoms with E-state index < -0.39 is 0 Å². The van der Waals surface area contributed by atoms with Crippen LogP contribution in [0.1, 0.15) is 30.7 Å². The van der Waals surface area contributed by atoms with Crippen LogP contribution in [-0.4, -0.2) is 29.8 Å². The summed E-state index contributed by atoms with van der Waals surface area (Å²) in [5.41, 5.74) is 0. The minimum atomic E-state index is -0.325. The van der Waals surface area contributed by atoms with Crippen LogP contribution in [0.3, 0.4) is 0 Å². The van der Waals surface area contributed by atoms with Gasteiger partial charge in [0.2, 0.25) is 11.8 Å². The van der Waals surface area contributed by atoms with Gasteiger partial charge in [0.25, 0.3) is 0 Å². The Labute approximate surface area is 127 Å². The number of nitrogens with one attached hydrogen (secondary N) is 1. The van der Waals surface area contributed by atoms with E-state index in [1.54, 1.807) is 23.3 Å². The standard InChI is InChI=1S/C16H18N2O2S/c1-10(14-9-11-5-3-4-6-13(11)21-14)17-16(20)12-7-8-15(19)18(12)2/h3-6,9-10,12H,7-8H2,1-2H3,(H,17,20)/t10-,12-/m0/s1. The number of thiophene rings is 1. The Kier molecular flexibility index (Phi) is 3.68. The van der Waals surface area contributed by atoms with Crippen molar-refractivity contribution in [2.75, 3.05) is 7.05 Å². The average Bonchev–Trinajstić information content (AvgIpc) is 3.03. The molecule has 0 bridgehead atoms. The Morgan fingerprint density at radius 1 is 1.43 bits per heavy atom. The third-order valence-electron chi connectivity index (χ3n) is 4.03. The molecule has 1 aliphatic rings. The van der Waals surface area contributed by atoms with Crippen molar-refractivity contribution in [2.24, 2.45) is 0 Å². The zero-order chi connectivity index (χ0) is 15.0. The van der Waals surface area contributed by atoms with E-state index in [2.05, 4.69) is 23.5 Å². The molecule has 2 atom stereocenters. The maximum absolute atomic E-state index is 12.3. The highest BCUT2D eigenvalue weighted by Crippen LogP contribution is 2.30. The van der Waals surface area contributed by atoms with E-state index in [-0.39, 0.29) is 23.9 Å². The van der Waals surface area contributed by atoms with Crippen molar-refractivity contribution in [3.63, 3.8) is 0 Å². The first-order valence-corrected chi connectivity index (χ1v) is 7.92. The maximum atomic E-state index is 12.3. The molecule has 2 amide bonds. The predicted molar refractivity (Wildman–Crippen MR) is 84.2 cm³/mol. The number of hydrogen-bond acceptors (Lipinski definition) is 3. The number of carbonyl (C=O) groups is 2. The molecule has 3 rings (SSSR count). The van der Waals surface area contributed by atoms with Gasteiger partial charge in [-0.05, 0) is 30.9 Å². The highest BCUT2D eigenvalue weighted by molar-refractivity contribution is 7.19. The smallest absolute Gasteiger partial charge is 0.243 e. The molecule has 1 N–H and O–H groups in total. The third-order valence-corrected chi connectivity index (χ3v) is 5.32. The van der Waals surface area contributed by atoms with Crippen LogP contribution in [0.15, 0.2) is 30.3 Å². The number of rotatable bonds is 3. The van der Waals surface area contributed by atoms with Gasteiger partial charge in [-0.25, -0.2) is 0 Å². The highest BCUT2D eigenvalue weighted by Gasteiger charge is 2.33. The number of likely N-dealkylation sites (N-methyl/N-ethyl adjacent to an activating group) is 1. The first kappa shape index (κ1) is 14.1. The summed E-state index contributed by atoms with van der Waals surface area (Å²) in [6, 6.07) is 9.95. The van der Waals surface area contributed by atoms with Gasteiger partial charge in [-0.1, -0.05) is 18.2 Å². The van der Waals surface area contributed by atoms with E-state index in [1.165, 1.54) is 10.1 Å². The third kappa shape index (κ3) is 2.65. The van der Waals surface area contributed by atoms with Gasteiger partial charge in [0.05, 0.1) is 6.04 Å². The lowest BCUT2D eigenvalue weighted by molar-refractivity contribution is -0.134. The van der Waals surface area contributed by atoms with Gasteiger partial charge in [0.15, 0.2) is 0 Å². The lowest BCUT2D eigenvalue weighted by Gasteiger charge is -2.21. The van der Waals surface area contributed by atoms with Gasteiger partial charge in [-0.2, -0.15) is 0 Å². The topological polar surface area (TPSA) is 49.4 Å². The lowest BCUT2D eigenvalue weighted by Crippen LogP contribution is -2.43. The van der Waals surface area contributed by atoms with Gasteiger partial charge in [0.1, 0.15) is 6.04 Å². The summed E-state index contributed by atoms with van der Waals surface area (Å²) >= 11 is 1.70. The Morgan fingerprint density at radius 3 is 2.86 bits per heavy atom. The summed E-state index contributed by atoms with van der Waals surface area (Å²) in [6.45, 7) is 1.99. The van der Waals surface area contributed by atoms with Crippen LogP contribution in [0, 0.1) is 0 Å². The van der Waals surface area contributed by atoms with Crippen molar-refractivity contribution in [3.8, 4) is 0 Å². The highest BCUT2D eigenvalue weighted by atomic mass is 32.1. The number of amides is 2. The Morgan fingerprint density at radius 2 is 2.19 bits per heavy atom. The molecule has 0 saturated carbocycles. The van der Waals surface area contributed by atoms with Crippen LogP contribution >= 0.6 is 11.3 Å². The quantitative estimate of drug-likeness (QED) is 0.947. The fourth-order valence-corrected chi connectivity index (χ4v) is 3.77. The molecule has 4 nitrogen and oxygen atoms in total. The molecule has 0 spiro atoms. The first-order valence-electron chi connectivity index (χ1n) is 7.11. The number of hydrogen-bond donors (Lipinski definition) is 1. The van der Waals surface area contributed by atoms with Crippen molar-refractivity contribution in [1.82, 2.24) is 10.2 Å². The molecule has 1 fully saturated rings. The zero-order valence-electron chi connectivity index (χ0n) is 12.1. The molecule has 1 aromatic carbocycles. The second-order valence-corrected chi connectivity index (χ2v) is 6.59. The average molecular weight is 302 g/mol. The molecule has 1 aliphatic heterocycles. The van der Waals surface area contributed by atoms with E-state index in [1.807, 2.05) is 19.1 Å². The molecule has 0 aliphatic carbocycles. The Hall–Kier alpha value is -1.88. The summed E-state index contributed by atoms with van der Waals surface area (Å²) in [5.74, 6) is -0.0158. The summed E-state index contributed by atoms with van der Waals surface area (Å²) in [6.07, 6.45) is 1.08. The molecule has 0 unspecified atom stereocenters. The van der Waals surface area contributed by atoms with Gasteiger partial charge < -0.3 is 10.2 Å². The van der Waals surface area contributed by atoms with E-state index in [0.29, 0.717) is 12.8 Å². The van der Waals surface area contributed by atoms with Crippen molar-refractivity contribution in [1.29, 1.82) is 0 Å². The fraction of sp³-hybridized carbons (Fsp3) is 0.375. The lowest BCUT2D eigenvalue weighted by atomic mass is 10.1. The van der Waals surface area contributed by atoms with Gasteiger partial charge in [-0.3, -0.25) is 9.59 Å². The van der Waals surface area contributed by atoms with Crippen LogP contribution in [0.2, 0.25) is 0 Å². The van der Waals surface area contributed by atoms with Gasteiger partial charge in [0, 0.05) is 23.0 Å². The molecule has 1 aromatic heterocycles. The number of carbonyl (C=O) groups excluding carboxylic acids is 2. The van der Waals surface area contributed by atoms with Crippen molar-refractivity contribution in [3.05, 3.63) is 35.2 Å². The van der Waals surface area contributed by atoms with Crippen molar-refractivity contribution < 1.29 is 9.59 Å².